The van der Waals surface area contributed by atoms with E-state index < -0.39 is 6.10 Å². The van der Waals surface area contributed by atoms with Crippen molar-refractivity contribution < 1.29 is 19.1 Å². The number of fused-ring (bicyclic) bond motifs is 2. The third-order valence-corrected chi connectivity index (χ3v) is 5.67. The number of ether oxygens (including phenoxy) is 2. The molecule has 1 atom stereocenters. The molecule has 7 nitrogen and oxygen atoms in total. The highest BCUT2D eigenvalue weighted by atomic mass is 16.5. The van der Waals surface area contributed by atoms with Crippen molar-refractivity contribution in [3.05, 3.63) is 108 Å². The van der Waals surface area contributed by atoms with Crippen molar-refractivity contribution in [2.45, 2.75) is 13.0 Å². The molecular weight excluding hydrogens is 430 g/mol. The first kappa shape index (κ1) is 21.5. The number of nitrogens with one attached hydrogen (secondary N) is 1. The second kappa shape index (κ2) is 9.23. The number of anilines is 1. The molecule has 0 radical (unpaired) electrons. The summed E-state index contributed by atoms with van der Waals surface area (Å²) in [5.74, 6) is 1.51. The lowest BCUT2D eigenvalue weighted by Crippen LogP contribution is -2.40. The van der Waals surface area contributed by atoms with Gasteiger partial charge in [0, 0.05) is 18.1 Å². The molecule has 1 aromatic heterocycles. The highest BCUT2D eigenvalue weighted by Gasteiger charge is 2.35. The molecule has 0 saturated heterocycles. The van der Waals surface area contributed by atoms with Crippen molar-refractivity contribution in [2.75, 3.05) is 18.1 Å². The molecule has 1 N–H and O–H groups in total. The van der Waals surface area contributed by atoms with Crippen LogP contribution in [0, 0.1) is 6.92 Å². The summed E-state index contributed by atoms with van der Waals surface area (Å²) in [6, 6.07) is 20.2. The molecule has 7 heteroatoms. The number of rotatable bonds is 6. The van der Waals surface area contributed by atoms with Crippen LogP contribution in [0.4, 0.5) is 5.82 Å². The summed E-state index contributed by atoms with van der Waals surface area (Å²) in [7, 11) is 0. The van der Waals surface area contributed by atoms with E-state index in [1.807, 2.05) is 60.4 Å². The number of ketones is 1. The van der Waals surface area contributed by atoms with Gasteiger partial charge in [0.2, 0.25) is 0 Å². The lowest BCUT2D eigenvalue weighted by atomic mass is 9.93. The van der Waals surface area contributed by atoms with Crippen LogP contribution in [0.3, 0.4) is 0 Å². The number of Topliss-reactive ketones (excluding diaryl/α,β-unsaturated/α-hetero) is 1. The molecule has 1 amide bonds. The molecule has 2 aliphatic rings. The minimum Gasteiger partial charge on any atom is -0.484 e. The van der Waals surface area contributed by atoms with Gasteiger partial charge in [-0.3, -0.25) is 9.59 Å². The lowest BCUT2D eigenvalue weighted by molar-refractivity contribution is -0.122. The molecule has 0 bridgehead atoms. The number of pyridine rings is 1. The van der Waals surface area contributed by atoms with E-state index in [0.717, 1.165) is 11.3 Å². The molecule has 2 aromatic carbocycles. The highest BCUT2D eigenvalue weighted by molar-refractivity contribution is 6.13. The Hall–Kier alpha value is -4.39. The van der Waals surface area contributed by atoms with Gasteiger partial charge in [0.25, 0.3) is 5.91 Å². The number of amides is 1. The van der Waals surface area contributed by atoms with Gasteiger partial charge in [0.1, 0.15) is 23.4 Å². The van der Waals surface area contributed by atoms with Gasteiger partial charge >= 0.3 is 0 Å². The molecule has 0 saturated carbocycles. The van der Waals surface area contributed by atoms with Gasteiger partial charge in [-0.15, -0.1) is 0 Å². The van der Waals surface area contributed by atoms with Crippen LogP contribution in [0.25, 0.3) is 0 Å². The minimum atomic E-state index is -0.546. The van der Waals surface area contributed by atoms with Crippen LogP contribution < -0.4 is 19.7 Å². The Bertz CT molecular complexity index is 1300. The Morgan fingerprint density at radius 3 is 2.71 bits per heavy atom. The normalized spacial score (nSPS) is 16.4. The molecule has 0 fully saturated rings. The first-order valence-corrected chi connectivity index (χ1v) is 11.0. The maximum Gasteiger partial charge on any atom is 0.258 e. The van der Waals surface area contributed by atoms with Crippen molar-refractivity contribution in [2.24, 2.45) is 0 Å². The molecule has 3 aromatic rings. The van der Waals surface area contributed by atoms with Gasteiger partial charge in [0.05, 0.1) is 17.7 Å². The largest absolute Gasteiger partial charge is 0.484 e. The lowest BCUT2D eigenvalue weighted by Gasteiger charge is -2.34. The zero-order chi connectivity index (χ0) is 23.5. The molecule has 0 aliphatic carbocycles. The van der Waals surface area contributed by atoms with Crippen molar-refractivity contribution >= 4 is 17.5 Å². The Morgan fingerprint density at radius 2 is 1.88 bits per heavy atom. The standard InChI is InChI=1S/C27H23N3O4/c1-18-8-7-13-28-27(18)30-16-22-24(34-23-12-6-5-11-21(23)26(22)32)14-19(30)15-29-25(31)17-33-20-9-3-2-4-10-20/h2-14,16,24H,15,17H2,1H3,(H,29,31)/t24-/m0/s1. The van der Waals surface area contributed by atoms with Gasteiger partial charge in [-0.2, -0.15) is 0 Å². The van der Waals surface area contributed by atoms with Crippen LogP contribution in [0.15, 0.2) is 96.5 Å². The molecule has 2 aliphatic heterocycles. The number of carbonyl (C=O) groups is 2. The van der Waals surface area contributed by atoms with Crippen molar-refractivity contribution in [1.29, 1.82) is 0 Å². The maximum absolute atomic E-state index is 13.2. The van der Waals surface area contributed by atoms with Gasteiger partial charge < -0.3 is 19.7 Å². The number of hydrogen-bond donors (Lipinski definition) is 1. The van der Waals surface area contributed by atoms with Crippen LogP contribution in [-0.4, -0.2) is 35.9 Å². The van der Waals surface area contributed by atoms with E-state index in [-0.39, 0.29) is 24.8 Å². The first-order valence-electron chi connectivity index (χ1n) is 11.0. The highest BCUT2D eigenvalue weighted by Crippen LogP contribution is 2.36. The van der Waals surface area contributed by atoms with Crippen LogP contribution in [-0.2, 0) is 4.79 Å². The molecule has 34 heavy (non-hydrogen) atoms. The monoisotopic (exact) mass is 453 g/mol. The second-order valence-electron chi connectivity index (χ2n) is 8.00. The Balaban J connectivity index is 1.39. The minimum absolute atomic E-state index is 0.0824. The van der Waals surface area contributed by atoms with Crippen LogP contribution in [0.2, 0.25) is 0 Å². The number of para-hydroxylation sites is 2. The third-order valence-electron chi connectivity index (χ3n) is 5.67. The summed E-state index contributed by atoms with van der Waals surface area (Å²) < 4.78 is 11.7. The molecule has 0 spiro atoms. The van der Waals surface area contributed by atoms with E-state index >= 15 is 0 Å². The smallest absolute Gasteiger partial charge is 0.258 e. The summed E-state index contributed by atoms with van der Waals surface area (Å²) in [4.78, 5) is 32.0. The van der Waals surface area contributed by atoms with E-state index in [1.165, 1.54) is 0 Å². The number of benzene rings is 2. The van der Waals surface area contributed by atoms with Crippen molar-refractivity contribution in [3.8, 4) is 11.5 Å². The Labute approximate surface area is 197 Å². The number of nitrogens with zero attached hydrogens (tertiary/aromatic N) is 2. The zero-order valence-electron chi connectivity index (χ0n) is 18.6. The fraction of sp³-hybridized carbons (Fsp3) is 0.148. The van der Waals surface area contributed by atoms with Crippen LogP contribution >= 0.6 is 0 Å². The van der Waals surface area contributed by atoms with E-state index in [4.69, 9.17) is 9.47 Å². The van der Waals surface area contributed by atoms with Gasteiger partial charge in [-0.05, 0) is 48.9 Å². The second-order valence-corrected chi connectivity index (χ2v) is 8.00. The quantitative estimate of drug-likeness (QED) is 0.611. The average Bonchev–Trinajstić information content (AvgIpc) is 2.87. The molecular formula is C27H23N3O4. The van der Waals surface area contributed by atoms with Gasteiger partial charge in [-0.1, -0.05) is 36.4 Å². The molecule has 3 heterocycles. The Morgan fingerprint density at radius 1 is 1.09 bits per heavy atom. The van der Waals surface area contributed by atoms with E-state index in [2.05, 4.69) is 10.3 Å². The molecule has 170 valence electrons. The van der Waals surface area contributed by atoms with E-state index in [1.54, 1.807) is 36.7 Å². The number of aromatic nitrogens is 1. The molecule has 5 rings (SSSR count). The average molecular weight is 453 g/mol. The molecule has 0 unspecified atom stereocenters. The van der Waals surface area contributed by atoms with Gasteiger partial charge in [-0.25, -0.2) is 4.98 Å². The fourth-order valence-electron chi connectivity index (χ4n) is 3.95. The maximum atomic E-state index is 13.2. The van der Waals surface area contributed by atoms with Crippen LogP contribution in [0.1, 0.15) is 15.9 Å². The predicted octanol–water partition coefficient (Wildman–Crippen LogP) is 3.82. The van der Waals surface area contributed by atoms with E-state index in [9.17, 15) is 9.59 Å². The Kier molecular flexibility index (Phi) is 5.82. The number of aryl methyl sites for hydroxylation is 1. The van der Waals surface area contributed by atoms with Gasteiger partial charge in [0.15, 0.2) is 12.4 Å². The number of hydrogen-bond acceptors (Lipinski definition) is 6. The van der Waals surface area contributed by atoms with E-state index in [0.29, 0.717) is 28.5 Å². The zero-order valence-corrected chi connectivity index (χ0v) is 18.6. The summed E-state index contributed by atoms with van der Waals surface area (Å²) in [6.07, 6.45) is 4.77. The summed E-state index contributed by atoms with van der Waals surface area (Å²) in [6.45, 7) is 2.06. The summed E-state index contributed by atoms with van der Waals surface area (Å²) in [5, 5.41) is 2.90. The summed E-state index contributed by atoms with van der Waals surface area (Å²) in [5.41, 5.74) is 2.74. The van der Waals surface area contributed by atoms with Crippen molar-refractivity contribution in [3.63, 3.8) is 0 Å². The topological polar surface area (TPSA) is 80.8 Å². The summed E-state index contributed by atoms with van der Waals surface area (Å²) >= 11 is 0. The third kappa shape index (κ3) is 4.28. The SMILES string of the molecule is Cc1cccnc1N1C=C2C(=O)c3ccccc3O[C@H]2C=C1CNC(=O)COc1ccccc1. The fourth-order valence-corrected chi connectivity index (χ4v) is 3.95. The first-order chi connectivity index (χ1) is 16.6. The van der Waals surface area contributed by atoms with Crippen LogP contribution in [0.5, 0.6) is 11.5 Å². The predicted molar refractivity (Wildman–Crippen MR) is 128 cm³/mol. The van der Waals surface area contributed by atoms with Crippen molar-refractivity contribution in [1.82, 2.24) is 10.3 Å². The number of carbonyl (C=O) groups excluding carboxylic acids is 2.